The van der Waals surface area contributed by atoms with Gasteiger partial charge in [0.25, 0.3) is 0 Å². The van der Waals surface area contributed by atoms with Gasteiger partial charge in [-0.1, -0.05) is 37.3 Å². The van der Waals surface area contributed by atoms with Crippen LogP contribution in [0.1, 0.15) is 12.5 Å². The summed E-state index contributed by atoms with van der Waals surface area (Å²) in [5, 5.41) is 3.35. The minimum absolute atomic E-state index is 0.186. The van der Waals surface area contributed by atoms with E-state index in [0.29, 0.717) is 0 Å². The largest absolute Gasteiger partial charge is 0.305 e. The van der Waals surface area contributed by atoms with Crippen LogP contribution < -0.4 is 5.32 Å². The molecule has 1 unspecified atom stereocenters. The van der Waals surface area contributed by atoms with Crippen LogP contribution in [0.4, 0.5) is 0 Å². The summed E-state index contributed by atoms with van der Waals surface area (Å²) in [5.41, 5.74) is 1.70. The topological polar surface area (TPSA) is 29.1 Å². The molecule has 1 aromatic rings. The lowest BCUT2D eigenvalue weighted by molar-refractivity contribution is -0.103. The Labute approximate surface area is 101 Å². The molecule has 0 aliphatic carbocycles. The normalized spacial score (nSPS) is 13.5. The molecule has 0 aromatic heterocycles. The van der Waals surface area contributed by atoms with Gasteiger partial charge in [0.1, 0.15) is 6.29 Å². The molecule has 0 amide bonds. The summed E-state index contributed by atoms with van der Waals surface area (Å²) in [6.07, 6.45) is 2.88. The molecule has 16 heavy (non-hydrogen) atoms. The molecule has 1 aromatic carbocycles. The number of rotatable bonds is 6. The molecule has 86 valence electrons. The van der Waals surface area contributed by atoms with Crippen molar-refractivity contribution in [3.63, 3.8) is 0 Å². The molecular weight excluding hydrogens is 218 g/mol. The van der Waals surface area contributed by atoms with Gasteiger partial charge in [-0.3, -0.25) is 4.79 Å². The minimum Gasteiger partial charge on any atom is -0.305 e. The third-order valence-corrected chi connectivity index (χ3v) is 3.26. The molecule has 3 heteroatoms. The van der Waals surface area contributed by atoms with Crippen molar-refractivity contribution in [2.45, 2.75) is 12.3 Å². The van der Waals surface area contributed by atoms with E-state index in [9.17, 15) is 4.79 Å². The highest BCUT2D eigenvalue weighted by molar-refractivity contribution is 8.00. The molecule has 0 spiro atoms. The van der Waals surface area contributed by atoms with Crippen LogP contribution >= 0.6 is 11.8 Å². The molecule has 0 heterocycles. The highest BCUT2D eigenvalue weighted by Gasteiger charge is 2.05. The summed E-state index contributed by atoms with van der Waals surface area (Å²) in [7, 11) is 1.90. The number of likely N-dealkylation sites (N-methyl/N-ethyl adjacent to an activating group) is 1. The van der Waals surface area contributed by atoms with Crippen molar-refractivity contribution < 1.29 is 4.79 Å². The first-order valence-corrected chi connectivity index (χ1v) is 6.38. The molecule has 1 atom stereocenters. The van der Waals surface area contributed by atoms with Crippen molar-refractivity contribution in [3.8, 4) is 0 Å². The maximum Gasteiger partial charge on any atom is 0.150 e. The number of hydrogen-bond donors (Lipinski definition) is 1. The number of aldehydes is 1. The molecule has 0 aliphatic rings. The van der Waals surface area contributed by atoms with E-state index in [1.54, 1.807) is 11.8 Å². The Morgan fingerprint density at radius 1 is 1.44 bits per heavy atom. The number of hydrogen-bond acceptors (Lipinski definition) is 3. The Morgan fingerprint density at radius 3 is 2.62 bits per heavy atom. The second-order valence-corrected chi connectivity index (χ2v) is 4.69. The second-order valence-electron chi connectivity index (χ2n) is 3.27. The smallest absolute Gasteiger partial charge is 0.150 e. The first-order valence-electron chi connectivity index (χ1n) is 5.33. The van der Waals surface area contributed by atoms with Gasteiger partial charge in [-0.05, 0) is 24.4 Å². The van der Waals surface area contributed by atoms with Crippen LogP contribution in [0.15, 0.2) is 36.4 Å². The van der Waals surface area contributed by atoms with Gasteiger partial charge >= 0.3 is 0 Å². The van der Waals surface area contributed by atoms with E-state index >= 15 is 0 Å². The fraction of sp³-hybridized carbons (Fsp3) is 0.308. The van der Waals surface area contributed by atoms with Gasteiger partial charge in [0, 0.05) is 5.57 Å². The van der Waals surface area contributed by atoms with Crippen LogP contribution in [0.5, 0.6) is 0 Å². The molecule has 0 saturated carbocycles. The Balaban J connectivity index is 2.88. The quantitative estimate of drug-likeness (QED) is 0.467. The van der Waals surface area contributed by atoms with Crippen LogP contribution in [0.2, 0.25) is 0 Å². The van der Waals surface area contributed by atoms with Gasteiger partial charge in [-0.2, -0.15) is 0 Å². The number of carbonyl (C=O) groups excluding carboxylic acids is 1. The Hall–Kier alpha value is -1.06. The summed E-state index contributed by atoms with van der Waals surface area (Å²) in [6, 6.07) is 9.72. The molecule has 1 rings (SSSR count). The first-order chi connectivity index (χ1) is 7.81. The Bertz CT molecular complexity index is 348. The Kier molecular flexibility index (Phi) is 5.90. The van der Waals surface area contributed by atoms with Gasteiger partial charge in [0.15, 0.2) is 0 Å². The lowest BCUT2D eigenvalue weighted by atomic mass is 10.1. The maximum absolute atomic E-state index is 11.1. The zero-order valence-electron chi connectivity index (χ0n) is 9.64. The van der Waals surface area contributed by atoms with Crippen LogP contribution in [0, 0.1) is 0 Å². The molecule has 0 bridgehead atoms. The van der Waals surface area contributed by atoms with Crippen LogP contribution in [-0.2, 0) is 4.79 Å². The molecule has 0 saturated heterocycles. The zero-order chi connectivity index (χ0) is 11.8. The number of benzene rings is 1. The fourth-order valence-electron chi connectivity index (χ4n) is 1.39. The summed E-state index contributed by atoms with van der Waals surface area (Å²) in [5.74, 6) is 1.02. The standard InChI is InChI=1S/C13H17NOS/c1-3-16-13(14-2)9-12(10-15)11-7-5-4-6-8-11/h4-10,13-14H,3H2,1-2H3. The average Bonchev–Trinajstić information content (AvgIpc) is 2.35. The van der Waals surface area contributed by atoms with Crippen LogP contribution in [0.3, 0.4) is 0 Å². The predicted octanol–water partition coefficient (Wildman–Crippen LogP) is 2.57. The highest BCUT2D eigenvalue weighted by Crippen LogP contribution is 2.16. The van der Waals surface area contributed by atoms with Crippen molar-refractivity contribution in [1.82, 2.24) is 5.32 Å². The number of nitrogens with one attached hydrogen (secondary N) is 1. The van der Waals surface area contributed by atoms with E-state index in [4.69, 9.17) is 0 Å². The number of thioether (sulfide) groups is 1. The maximum atomic E-state index is 11.1. The predicted molar refractivity (Wildman–Crippen MR) is 71.5 cm³/mol. The molecule has 0 fully saturated rings. The van der Waals surface area contributed by atoms with Gasteiger partial charge in [0.05, 0.1) is 5.37 Å². The van der Waals surface area contributed by atoms with Gasteiger partial charge in [0.2, 0.25) is 0 Å². The summed E-state index contributed by atoms with van der Waals surface area (Å²) < 4.78 is 0. The van der Waals surface area contributed by atoms with E-state index in [2.05, 4.69) is 12.2 Å². The van der Waals surface area contributed by atoms with Crippen molar-refractivity contribution in [3.05, 3.63) is 42.0 Å². The second kappa shape index (κ2) is 7.25. The van der Waals surface area contributed by atoms with Crippen molar-refractivity contribution in [1.29, 1.82) is 0 Å². The van der Waals surface area contributed by atoms with Crippen LogP contribution in [0.25, 0.3) is 5.57 Å². The van der Waals surface area contributed by atoms with E-state index in [1.807, 2.05) is 43.5 Å². The molecule has 2 nitrogen and oxygen atoms in total. The van der Waals surface area contributed by atoms with Crippen LogP contribution in [-0.4, -0.2) is 24.5 Å². The van der Waals surface area contributed by atoms with E-state index in [-0.39, 0.29) is 5.37 Å². The highest BCUT2D eigenvalue weighted by atomic mass is 32.2. The fourth-order valence-corrected chi connectivity index (χ4v) is 2.16. The summed E-state index contributed by atoms with van der Waals surface area (Å²) >= 11 is 1.77. The minimum atomic E-state index is 0.186. The van der Waals surface area contributed by atoms with Crippen molar-refractivity contribution in [2.75, 3.05) is 12.8 Å². The summed E-state index contributed by atoms with van der Waals surface area (Å²) in [6.45, 7) is 2.10. The monoisotopic (exact) mass is 235 g/mol. The number of carbonyl (C=O) groups is 1. The molecule has 0 radical (unpaired) electrons. The van der Waals surface area contributed by atoms with Crippen molar-refractivity contribution >= 4 is 23.6 Å². The van der Waals surface area contributed by atoms with Gasteiger partial charge in [-0.15, -0.1) is 11.8 Å². The van der Waals surface area contributed by atoms with E-state index in [0.717, 1.165) is 23.2 Å². The van der Waals surface area contributed by atoms with E-state index < -0.39 is 0 Å². The molecule has 0 aliphatic heterocycles. The third kappa shape index (κ3) is 3.83. The van der Waals surface area contributed by atoms with Crippen molar-refractivity contribution in [2.24, 2.45) is 0 Å². The SMILES string of the molecule is CCSC(C=C(C=O)c1ccccc1)NC. The molecular formula is C13H17NOS. The Morgan fingerprint density at radius 2 is 2.12 bits per heavy atom. The first kappa shape index (κ1) is 13.0. The van der Waals surface area contributed by atoms with Gasteiger partial charge in [-0.25, -0.2) is 0 Å². The lowest BCUT2D eigenvalue weighted by Gasteiger charge is -2.11. The lowest BCUT2D eigenvalue weighted by Crippen LogP contribution is -2.19. The zero-order valence-corrected chi connectivity index (χ0v) is 10.5. The van der Waals surface area contributed by atoms with E-state index in [1.165, 1.54) is 0 Å². The third-order valence-electron chi connectivity index (χ3n) is 2.20. The summed E-state index contributed by atoms with van der Waals surface area (Å²) in [4.78, 5) is 11.1. The average molecular weight is 235 g/mol. The van der Waals surface area contributed by atoms with Gasteiger partial charge < -0.3 is 5.32 Å². The number of allylic oxidation sites excluding steroid dienone is 1. The molecule has 1 N–H and O–H groups in total.